The van der Waals surface area contributed by atoms with E-state index >= 15 is 0 Å². The predicted molar refractivity (Wildman–Crippen MR) is 88.8 cm³/mol. The lowest BCUT2D eigenvalue weighted by Crippen LogP contribution is -2.30. The molecule has 2 rings (SSSR count). The molecule has 1 N–H and O–H groups in total. The Morgan fingerprint density at radius 1 is 1.36 bits per heavy atom. The molecule has 1 aliphatic rings. The number of hydrogen-bond acceptors (Lipinski definition) is 3. The average molecular weight is 393 g/mol. The van der Waals surface area contributed by atoms with E-state index in [4.69, 9.17) is 9.84 Å². The van der Waals surface area contributed by atoms with Crippen molar-refractivity contribution in [2.45, 2.75) is 26.4 Å². The molecule has 1 heterocycles. The van der Waals surface area contributed by atoms with Crippen LogP contribution in [0.15, 0.2) is 22.7 Å². The summed E-state index contributed by atoms with van der Waals surface area (Å²) in [6.07, 6.45) is 0.523. The van der Waals surface area contributed by atoms with Gasteiger partial charge in [0.15, 0.2) is 0 Å². The van der Waals surface area contributed by atoms with Gasteiger partial charge in [0.1, 0.15) is 5.75 Å². The normalized spacial score (nSPS) is 17.3. The molecule has 122 valence electrons. The van der Waals surface area contributed by atoms with Crippen LogP contribution in [0.5, 0.6) is 5.75 Å². The first kappa shape index (κ1) is 18.8. The molecule has 0 aromatic heterocycles. The van der Waals surface area contributed by atoms with Gasteiger partial charge in [-0.05, 0) is 38.5 Å². The molecule has 1 amide bonds. The number of benzene rings is 1. The van der Waals surface area contributed by atoms with Crippen LogP contribution in [0, 0.1) is 5.92 Å². The van der Waals surface area contributed by atoms with E-state index in [0.717, 1.165) is 4.47 Å². The van der Waals surface area contributed by atoms with Gasteiger partial charge in [0.2, 0.25) is 0 Å². The SMILES string of the molecule is CC(C)Oc1cc(Br)cc(C(=O)N2CCC(C(=O)O)C2)c1.Cl. The molecule has 1 fully saturated rings. The average Bonchev–Trinajstić information content (AvgIpc) is 2.85. The van der Waals surface area contributed by atoms with Gasteiger partial charge >= 0.3 is 5.97 Å². The molecule has 7 heteroatoms. The molecule has 0 spiro atoms. The number of aliphatic carboxylic acids is 1. The number of rotatable bonds is 4. The van der Waals surface area contributed by atoms with Crippen LogP contribution < -0.4 is 4.74 Å². The van der Waals surface area contributed by atoms with Crippen LogP contribution in [0.2, 0.25) is 0 Å². The van der Waals surface area contributed by atoms with E-state index in [1.807, 2.05) is 13.8 Å². The monoisotopic (exact) mass is 391 g/mol. The Hall–Kier alpha value is -1.27. The van der Waals surface area contributed by atoms with Crippen molar-refractivity contribution >= 4 is 40.2 Å². The van der Waals surface area contributed by atoms with E-state index < -0.39 is 11.9 Å². The van der Waals surface area contributed by atoms with Crippen molar-refractivity contribution in [2.24, 2.45) is 5.92 Å². The quantitative estimate of drug-likeness (QED) is 0.854. The van der Waals surface area contributed by atoms with E-state index in [0.29, 0.717) is 24.3 Å². The number of hydrogen-bond donors (Lipinski definition) is 1. The summed E-state index contributed by atoms with van der Waals surface area (Å²) in [7, 11) is 0. The summed E-state index contributed by atoms with van der Waals surface area (Å²) >= 11 is 3.37. The van der Waals surface area contributed by atoms with Crippen molar-refractivity contribution < 1.29 is 19.4 Å². The Balaban J connectivity index is 0.00000242. The first-order valence-corrected chi connectivity index (χ1v) is 7.65. The van der Waals surface area contributed by atoms with Gasteiger partial charge < -0.3 is 14.7 Å². The number of carboxylic acids is 1. The minimum atomic E-state index is -0.844. The Morgan fingerprint density at radius 2 is 2.05 bits per heavy atom. The number of likely N-dealkylation sites (tertiary alicyclic amines) is 1. The highest BCUT2D eigenvalue weighted by Gasteiger charge is 2.31. The van der Waals surface area contributed by atoms with Gasteiger partial charge in [-0.1, -0.05) is 15.9 Å². The number of nitrogens with zero attached hydrogens (tertiary/aromatic N) is 1. The molecule has 1 aliphatic heterocycles. The van der Waals surface area contributed by atoms with Crippen molar-refractivity contribution in [3.8, 4) is 5.75 Å². The highest BCUT2D eigenvalue weighted by molar-refractivity contribution is 9.10. The van der Waals surface area contributed by atoms with Crippen LogP contribution in [0.3, 0.4) is 0 Å². The van der Waals surface area contributed by atoms with Crippen molar-refractivity contribution in [1.29, 1.82) is 0 Å². The topological polar surface area (TPSA) is 66.8 Å². The summed E-state index contributed by atoms with van der Waals surface area (Å²) in [5, 5.41) is 9.01. The minimum absolute atomic E-state index is 0. The molecular formula is C15H19BrClNO4. The molecule has 1 unspecified atom stereocenters. The lowest BCUT2D eigenvalue weighted by atomic mass is 10.1. The summed E-state index contributed by atoms with van der Waals surface area (Å²) in [4.78, 5) is 25.0. The van der Waals surface area contributed by atoms with E-state index in [1.54, 1.807) is 23.1 Å². The molecule has 5 nitrogen and oxygen atoms in total. The van der Waals surface area contributed by atoms with Crippen LogP contribution in [-0.2, 0) is 4.79 Å². The van der Waals surface area contributed by atoms with E-state index in [9.17, 15) is 9.59 Å². The fraction of sp³-hybridized carbons (Fsp3) is 0.467. The first-order valence-electron chi connectivity index (χ1n) is 6.86. The summed E-state index contributed by atoms with van der Waals surface area (Å²) in [5.74, 6) is -0.846. The van der Waals surface area contributed by atoms with E-state index in [2.05, 4.69) is 15.9 Å². The zero-order valence-electron chi connectivity index (χ0n) is 12.4. The molecule has 22 heavy (non-hydrogen) atoms. The third kappa shape index (κ3) is 4.61. The summed E-state index contributed by atoms with van der Waals surface area (Å²) in [6, 6.07) is 5.23. The van der Waals surface area contributed by atoms with Gasteiger partial charge in [-0.15, -0.1) is 12.4 Å². The molecule has 1 saturated heterocycles. The third-order valence-corrected chi connectivity index (χ3v) is 3.77. The maximum absolute atomic E-state index is 12.5. The molecule has 0 saturated carbocycles. The largest absolute Gasteiger partial charge is 0.491 e. The second-order valence-corrected chi connectivity index (χ2v) is 6.33. The van der Waals surface area contributed by atoms with Crippen LogP contribution in [0.4, 0.5) is 0 Å². The zero-order chi connectivity index (χ0) is 15.6. The highest BCUT2D eigenvalue weighted by Crippen LogP contribution is 2.25. The van der Waals surface area contributed by atoms with Crippen LogP contribution in [0.25, 0.3) is 0 Å². The molecule has 1 aromatic carbocycles. The lowest BCUT2D eigenvalue weighted by molar-refractivity contribution is -0.141. The minimum Gasteiger partial charge on any atom is -0.491 e. The van der Waals surface area contributed by atoms with Gasteiger partial charge in [0.25, 0.3) is 5.91 Å². The molecule has 0 bridgehead atoms. The number of carbonyl (C=O) groups excluding carboxylic acids is 1. The predicted octanol–water partition coefficient (Wildman–Crippen LogP) is 3.20. The summed E-state index contributed by atoms with van der Waals surface area (Å²) < 4.78 is 6.38. The Bertz CT molecular complexity index is 564. The highest BCUT2D eigenvalue weighted by atomic mass is 79.9. The Morgan fingerprint density at radius 3 is 2.59 bits per heavy atom. The first-order chi connectivity index (χ1) is 9.86. The molecule has 1 atom stereocenters. The van der Waals surface area contributed by atoms with Gasteiger partial charge in [0.05, 0.1) is 12.0 Å². The van der Waals surface area contributed by atoms with Crippen LogP contribution >= 0.6 is 28.3 Å². The van der Waals surface area contributed by atoms with E-state index in [-0.39, 0.29) is 31.0 Å². The molecular weight excluding hydrogens is 374 g/mol. The fourth-order valence-corrected chi connectivity index (χ4v) is 2.83. The number of amides is 1. The summed E-state index contributed by atoms with van der Waals surface area (Å²) in [5.41, 5.74) is 0.506. The van der Waals surface area contributed by atoms with Crippen molar-refractivity contribution in [3.63, 3.8) is 0 Å². The van der Waals surface area contributed by atoms with Crippen LogP contribution in [0.1, 0.15) is 30.6 Å². The number of carbonyl (C=O) groups is 2. The van der Waals surface area contributed by atoms with Gasteiger partial charge in [-0.2, -0.15) is 0 Å². The van der Waals surface area contributed by atoms with E-state index in [1.165, 1.54) is 0 Å². The molecule has 1 aromatic rings. The van der Waals surface area contributed by atoms with Gasteiger partial charge in [-0.25, -0.2) is 0 Å². The van der Waals surface area contributed by atoms with Crippen molar-refractivity contribution in [1.82, 2.24) is 4.90 Å². The van der Waals surface area contributed by atoms with Crippen LogP contribution in [-0.4, -0.2) is 41.1 Å². The van der Waals surface area contributed by atoms with Gasteiger partial charge in [0, 0.05) is 23.1 Å². The molecule has 0 aliphatic carbocycles. The maximum atomic E-state index is 12.5. The second kappa shape index (κ2) is 7.83. The van der Waals surface area contributed by atoms with Gasteiger partial charge in [-0.3, -0.25) is 9.59 Å². The van der Waals surface area contributed by atoms with Crippen molar-refractivity contribution in [3.05, 3.63) is 28.2 Å². The number of carboxylic acid groups (broad SMARTS) is 1. The smallest absolute Gasteiger partial charge is 0.308 e. The zero-order valence-corrected chi connectivity index (χ0v) is 14.8. The lowest BCUT2D eigenvalue weighted by Gasteiger charge is -2.17. The second-order valence-electron chi connectivity index (χ2n) is 5.42. The third-order valence-electron chi connectivity index (χ3n) is 3.31. The Labute approximate surface area is 144 Å². The standard InChI is InChI=1S/C15H18BrNO4.ClH/c1-9(2)21-13-6-11(5-12(16)7-13)14(18)17-4-3-10(8-17)15(19)20;/h5-7,9-10H,3-4,8H2,1-2H3,(H,19,20);1H. The number of ether oxygens (including phenoxy) is 1. The Kier molecular flexibility index (Phi) is 6.68. The van der Waals surface area contributed by atoms with Crippen molar-refractivity contribution in [2.75, 3.05) is 13.1 Å². The fourth-order valence-electron chi connectivity index (χ4n) is 2.36. The molecule has 0 radical (unpaired) electrons. The summed E-state index contributed by atoms with van der Waals surface area (Å²) in [6.45, 7) is 4.57. The number of halogens is 2. The maximum Gasteiger partial charge on any atom is 0.308 e.